The molecule has 23 heavy (non-hydrogen) atoms. The van der Waals surface area contributed by atoms with E-state index in [1.165, 1.54) is 12.1 Å². The fourth-order valence-electron chi connectivity index (χ4n) is 2.47. The monoisotopic (exact) mass is 343 g/mol. The Bertz CT molecular complexity index is 516. The number of piperidine rings is 1. The Labute approximate surface area is 141 Å². The zero-order valence-electron chi connectivity index (χ0n) is 12.8. The van der Waals surface area contributed by atoms with Crippen molar-refractivity contribution in [2.45, 2.75) is 31.8 Å². The third-order valence-corrected chi connectivity index (χ3v) is 3.74. The number of benzene rings is 1. The fraction of sp³-hybridized carbons (Fsp3) is 0.533. The van der Waals surface area contributed by atoms with Gasteiger partial charge in [0, 0.05) is 44.5 Å². The number of carbonyl (C=O) groups is 1. The molecule has 0 aromatic heterocycles. The number of hydrogen-bond donors (Lipinski definition) is 1. The summed E-state index contributed by atoms with van der Waals surface area (Å²) in [4.78, 5) is 23.9. The van der Waals surface area contributed by atoms with E-state index in [4.69, 9.17) is 10.5 Å². The molecule has 0 spiro atoms. The summed E-state index contributed by atoms with van der Waals surface area (Å²) in [6.45, 7) is 1.90. The third kappa shape index (κ3) is 5.69. The summed E-state index contributed by atoms with van der Waals surface area (Å²) < 4.78 is 5.82. The lowest BCUT2D eigenvalue weighted by Gasteiger charge is -2.32. The minimum absolute atomic E-state index is 0. The molecule has 0 bridgehead atoms. The molecular weight excluding hydrogens is 322 g/mol. The standard InChI is InChI=1S/C15H21N3O4.ClH/c16-9-1-2-15(19)17-10-7-14(8-11-17)22-13-5-3-12(4-6-13)18(20)21;/h3-6,14H,1-2,7-11,16H2;1H. The minimum Gasteiger partial charge on any atom is -0.490 e. The van der Waals surface area contributed by atoms with Gasteiger partial charge in [-0.25, -0.2) is 0 Å². The lowest BCUT2D eigenvalue weighted by molar-refractivity contribution is -0.384. The lowest BCUT2D eigenvalue weighted by Crippen LogP contribution is -2.41. The predicted octanol–water partition coefficient (Wildman–Crippen LogP) is 2.13. The van der Waals surface area contributed by atoms with Crippen molar-refractivity contribution < 1.29 is 14.5 Å². The molecule has 8 heteroatoms. The van der Waals surface area contributed by atoms with Crippen molar-refractivity contribution in [2.24, 2.45) is 5.73 Å². The number of halogens is 1. The van der Waals surface area contributed by atoms with Gasteiger partial charge in [-0.3, -0.25) is 14.9 Å². The van der Waals surface area contributed by atoms with Crippen LogP contribution in [0.15, 0.2) is 24.3 Å². The molecule has 2 rings (SSSR count). The van der Waals surface area contributed by atoms with Gasteiger partial charge >= 0.3 is 0 Å². The summed E-state index contributed by atoms with van der Waals surface area (Å²) in [6, 6.07) is 6.08. The first kappa shape index (κ1) is 19.2. The molecule has 0 saturated carbocycles. The Morgan fingerprint density at radius 2 is 1.91 bits per heavy atom. The van der Waals surface area contributed by atoms with Gasteiger partial charge in [-0.2, -0.15) is 0 Å². The van der Waals surface area contributed by atoms with E-state index in [1.807, 2.05) is 4.90 Å². The molecule has 0 atom stereocenters. The zero-order chi connectivity index (χ0) is 15.9. The quantitative estimate of drug-likeness (QED) is 0.630. The number of likely N-dealkylation sites (tertiary alicyclic amines) is 1. The Balaban J connectivity index is 0.00000264. The molecule has 1 amide bonds. The second kappa shape index (κ2) is 9.32. The molecule has 128 valence electrons. The Kier molecular flexibility index (Phi) is 7.77. The van der Waals surface area contributed by atoms with Crippen LogP contribution in [0.1, 0.15) is 25.7 Å². The van der Waals surface area contributed by atoms with Gasteiger partial charge < -0.3 is 15.4 Å². The number of nitrogens with two attached hydrogens (primary N) is 1. The van der Waals surface area contributed by atoms with Crippen LogP contribution in [0, 0.1) is 10.1 Å². The first-order chi connectivity index (χ1) is 10.6. The van der Waals surface area contributed by atoms with Gasteiger partial charge in [-0.05, 0) is 25.1 Å². The Morgan fingerprint density at radius 3 is 2.43 bits per heavy atom. The summed E-state index contributed by atoms with van der Waals surface area (Å²) >= 11 is 0. The fourth-order valence-corrected chi connectivity index (χ4v) is 2.47. The highest BCUT2D eigenvalue weighted by atomic mass is 35.5. The second-order valence-electron chi connectivity index (χ2n) is 5.34. The molecule has 0 unspecified atom stereocenters. The highest BCUT2D eigenvalue weighted by molar-refractivity contribution is 5.85. The summed E-state index contributed by atoms with van der Waals surface area (Å²) in [5.74, 6) is 0.776. The maximum absolute atomic E-state index is 11.9. The number of carbonyl (C=O) groups excluding carboxylic acids is 1. The summed E-state index contributed by atoms with van der Waals surface area (Å²) in [7, 11) is 0. The number of rotatable bonds is 6. The number of nitrogens with zero attached hydrogens (tertiary/aromatic N) is 2. The lowest BCUT2D eigenvalue weighted by atomic mass is 10.1. The van der Waals surface area contributed by atoms with E-state index in [-0.39, 0.29) is 30.1 Å². The number of hydrogen-bond acceptors (Lipinski definition) is 5. The van der Waals surface area contributed by atoms with E-state index in [9.17, 15) is 14.9 Å². The van der Waals surface area contributed by atoms with E-state index in [2.05, 4.69) is 0 Å². The van der Waals surface area contributed by atoms with Gasteiger partial charge in [0.15, 0.2) is 0 Å². The maximum Gasteiger partial charge on any atom is 0.269 e. The van der Waals surface area contributed by atoms with Crippen molar-refractivity contribution in [1.29, 1.82) is 0 Å². The number of nitro benzene ring substituents is 1. The van der Waals surface area contributed by atoms with E-state index in [0.29, 0.717) is 31.8 Å². The van der Waals surface area contributed by atoms with Crippen LogP contribution >= 0.6 is 12.4 Å². The highest BCUT2D eigenvalue weighted by Gasteiger charge is 2.23. The van der Waals surface area contributed by atoms with Crippen molar-refractivity contribution in [2.75, 3.05) is 19.6 Å². The maximum atomic E-state index is 11.9. The van der Waals surface area contributed by atoms with Gasteiger partial charge in [0.05, 0.1) is 4.92 Å². The third-order valence-electron chi connectivity index (χ3n) is 3.74. The van der Waals surface area contributed by atoms with Crippen LogP contribution in [0.2, 0.25) is 0 Å². The van der Waals surface area contributed by atoms with E-state index >= 15 is 0 Å². The van der Waals surface area contributed by atoms with Gasteiger partial charge in [0.1, 0.15) is 11.9 Å². The Hall–Kier alpha value is -1.86. The number of nitro groups is 1. The van der Waals surface area contributed by atoms with Crippen molar-refractivity contribution in [3.05, 3.63) is 34.4 Å². The molecule has 0 radical (unpaired) electrons. The molecule has 1 saturated heterocycles. The van der Waals surface area contributed by atoms with Crippen LogP contribution in [0.3, 0.4) is 0 Å². The molecule has 2 N–H and O–H groups in total. The van der Waals surface area contributed by atoms with Gasteiger partial charge in [-0.15, -0.1) is 12.4 Å². The topological polar surface area (TPSA) is 98.7 Å². The first-order valence-corrected chi connectivity index (χ1v) is 7.49. The van der Waals surface area contributed by atoms with Crippen LogP contribution in [-0.4, -0.2) is 41.5 Å². The highest BCUT2D eigenvalue weighted by Crippen LogP contribution is 2.22. The smallest absolute Gasteiger partial charge is 0.269 e. The first-order valence-electron chi connectivity index (χ1n) is 7.49. The summed E-state index contributed by atoms with van der Waals surface area (Å²) in [6.07, 6.45) is 2.80. The van der Waals surface area contributed by atoms with E-state index in [1.54, 1.807) is 12.1 Å². The van der Waals surface area contributed by atoms with Gasteiger partial charge in [-0.1, -0.05) is 0 Å². The molecule has 1 heterocycles. The summed E-state index contributed by atoms with van der Waals surface area (Å²) in [5.41, 5.74) is 5.46. The molecule has 1 aromatic carbocycles. The van der Waals surface area contributed by atoms with Crippen molar-refractivity contribution >= 4 is 24.0 Å². The average molecular weight is 344 g/mol. The van der Waals surface area contributed by atoms with Gasteiger partial charge in [0.2, 0.25) is 5.91 Å². The largest absolute Gasteiger partial charge is 0.490 e. The molecule has 1 aliphatic heterocycles. The van der Waals surface area contributed by atoms with Crippen LogP contribution in [0.5, 0.6) is 5.75 Å². The molecule has 1 aromatic rings. The number of non-ortho nitro benzene ring substituents is 1. The number of amides is 1. The molecule has 1 aliphatic rings. The molecule has 1 fully saturated rings. The van der Waals surface area contributed by atoms with Crippen LogP contribution < -0.4 is 10.5 Å². The molecule has 7 nitrogen and oxygen atoms in total. The Morgan fingerprint density at radius 1 is 1.30 bits per heavy atom. The van der Waals surface area contributed by atoms with Crippen molar-refractivity contribution in [1.82, 2.24) is 4.90 Å². The van der Waals surface area contributed by atoms with E-state index < -0.39 is 4.92 Å². The molecule has 0 aliphatic carbocycles. The average Bonchev–Trinajstić information content (AvgIpc) is 2.54. The SMILES string of the molecule is Cl.NCCCC(=O)N1CCC(Oc2ccc([N+](=O)[O-])cc2)CC1. The molecular formula is C15H22ClN3O4. The second-order valence-corrected chi connectivity index (χ2v) is 5.34. The number of ether oxygens (including phenoxy) is 1. The van der Waals surface area contributed by atoms with Crippen molar-refractivity contribution in [3.8, 4) is 5.75 Å². The van der Waals surface area contributed by atoms with Crippen LogP contribution in [0.4, 0.5) is 5.69 Å². The van der Waals surface area contributed by atoms with E-state index in [0.717, 1.165) is 19.3 Å². The zero-order valence-corrected chi connectivity index (χ0v) is 13.7. The predicted molar refractivity (Wildman–Crippen MR) is 88.9 cm³/mol. The van der Waals surface area contributed by atoms with Crippen LogP contribution in [0.25, 0.3) is 0 Å². The minimum atomic E-state index is -0.435. The van der Waals surface area contributed by atoms with Crippen LogP contribution in [-0.2, 0) is 4.79 Å². The summed E-state index contributed by atoms with van der Waals surface area (Å²) in [5, 5.41) is 10.6. The normalized spacial score (nSPS) is 14.9. The van der Waals surface area contributed by atoms with Crippen molar-refractivity contribution in [3.63, 3.8) is 0 Å². The van der Waals surface area contributed by atoms with Gasteiger partial charge in [0.25, 0.3) is 5.69 Å².